The lowest BCUT2D eigenvalue weighted by Gasteiger charge is -2.14. The second-order valence-electron chi connectivity index (χ2n) is 5.83. The van der Waals surface area contributed by atoms with E-state index in [4.69, 9.17) is 31.2 Å². The molecular weight excluding hydrogens is 402 g/mol. The molecule has 2 aliphatic rings. The molecule has 0 aromatic heterocycles. The maximum Gasteiger partial charge on any atom is 0.270 e. The largest absolute Gasteiger partial charge is 0.502 e. The highest BCUT2D eigenvalue weighted by atomic mass is 32.2. The molecular formula is C19H15NO6S2. The summed E-state index contributed by atoms with van der Waals surface area (Å²) in [5, 5.41) is 10.0. The molecule has 0 radical (unpaired) electrons. The number of thiocarbonyl (C=S) groups is 1. The van der Waals surface area contributed by atoms with E-state index in [1.807, 2.05) is 0 Å². The molecule has 0 saturated carbocycles. The van der Waals surface area contributed by atoms with Crippen LogP contribution in [0.3, 0.4) is 0 Å². The maximum absolute atomic E-state index is 13.0. The Labute approximate surface area is 170 Å². The maximum atomic E-state index is 13.0. The van der Waals surface area contributed by atoms with Gasteiger partial charge in [-0.2, -0.15) is 0 Å². The minimum Gasteiger partial charge on any atom is -0.502 e. The van der Waals surface area contributed by atoms with Gasteiger partial charge >= 0.3 is 0 Å². The van der Waals surface area contributed by atoms with E-state index in [1.54, 1.807) is 36.4 Å². The zero-order valence-corrected chi connectivity index (χ0v) is 16.6. The number of ether oxygens (including phenoxy) is 4. The van der Waals surface area contributed by atoms with Crippen molar-refractivity contribution in [2.24, 2.45) is 0 Å². The van der Waals surface area contributed by atoms with Gasteiger partial charge in [0.1, 0.15) is 0 Å². The number of phenolic OH excluding ortho intramolecular Hbond substituents is 1. The van der Waals surface area contributed by atoms with E-state index < -0.39 is 0 Å². The van der Waals surface area contributed by atoms with E-state index in [0.29, 0.717) is 32.0 Å². The number of methoxy groups -OCH3 is 2. The third-order valence-electron chi connectivity index (χ3n) is 4.21. The molecule has 2 aromatic carbocycles. The Bertz CT molecular complexity index is 994. The van der Waals surface area contributed by atoms with E-state index in [2.05, 4.69) is 0 Å². The lowest BCUT2D eigenvalue weighted by molar-refractivity contribution is -0.113. The minimum absolute atomic E-state index is 0.102. The predicted octanol–water partition coefficient (Wildman–Crippen LogP) is 3.54. The van der Waals surface area contributed by atoms with E-state index in [0.717, 1.165) is 0 Å². The molecule has 1 amide bonds. The lowest BCUT2D eigenvalue weighted by atomic mass is 10.1. The van der Waals surface area contributed by atoms with E-state index in [-0.39, 0.29) is 29.9 Å². The summed E-state index contributed by atoms with van der Waals surface area (Å²) in [6.07, 6.45) is 1.68. The van der Waals surface area contributed by atoms with Crippen molar-refractivity contribution in [3.63, 3.8) is 0 Å². The molecule has 0 spiro atoms. The fourth-order valence-corrected chi connectivity index (χ4v) is 4.16. The molecule has 9 heteroatoms. The number of hydrogen-bond donors (Lipinski definition) is 1. The standard InChI is InChI=1S/C19H15NO6S2/c1-23-14-5-10(6-15(24-2)17(14)21)7-16-18(22)20(19(27)28-16)11-3-4-12-13(8-11)26-9-25-12/h3-8,21H,9H2,1-2H3/b16-7+. The van der Waals surface area contributed by atoms with Gasteiger partial charge in [-0.3, -0.25) is 9.69 Å². The number of phenols is 1. The Balaban J connectivity index is 1.67. The van der Waals surface area contributed by atoms with Gasteiger partial charge < -0.3 is 24.1 Å². The molecule has 0 bridgehead atoms. The van der Waals surface area contributed by atoms with Gasteiger partial charge in [-0.1, -0.05) is 24.0 Å². The number of anilines is 1. The average Bonchev–Trinajstić information content (AvgIpc) is 3.26. The summed E-state index contributed by atoms with van der Waals surface area (Å²) in [6.45, 7) is 0.154. The molecule has 0 aliphatic carbocycles. The zero-order valence-electron chi connectivity index (χ0n) is 14.9. The first kappa shape index (κ1) is 18.5. The fourth-order valence-electron chi connectivity index (χ4n) is 2.86. The summed E-state index contributed by atoms with van der Waals surface area (Å²) < 4.78 is 21.4. The van der Waals surface area contributed by atoms with Crippen molar-refractivity contribution >= 4 is 46.0 Å². The summed E-state index contributed by atoms with van der Waals surface area (Å²) in [4.78, 5) is 14.9. The smallest absolute Gasteiger partial charge is 0.270 e. The Hall–Kier alpha value is -2.91. The van der Waals surface area contributed by atoms with Gasteiger partial charge in [0.2, 0.25) is 12.5 Å². The Kier molecular flexibility index (Phi) is 4.78. The van der Waals surface area contributed by atoms with E-state index in [1.165, 1.54) is 30.9 Å². The fraction of sp³-hybridized carbons (Fsp3) is 0.158. The van der Waals surface area contributed by atoms with Crippen molar-refractivity contribution in [2.45, 2.75) is 0 Å². The Morgan fingerprint density at radius 2 is 1.82 bits per heavy atom. The summed E-state index contributed by atoms with van der Waals surface area (Å²) in [5.41, 5.74) is 1.24. The molecule has 1 N–H and O–H groups in total. The number of rotatable bonds is 4. The van der Waals surface area contributed by atoms with Gasteiger partial charge in [0.05, 0.1) is 24.8 Å². The SMILES string of the molecule is COc1cc(/C=C2/SC(=S)N(c3ccc4c(c3)OCO4)C2=O)cc(OC)c1O. The van der Waals surface area contributed by atoms with Gasteiger partial charge in [0, 0.05) is 6.07 Å². The highest BCUT2D eigenvalue weighted by molar-refractivity contribution is 8.27. The van der Waals surface area contributed by atoms with E-state index in [9.17, 15) is 9.90 Å². The third-order valence-corrected chi connectivity index (χ3v) is 5.51. The molecule has 144 valence electrons. The minimum atomic E-state index is -0.250. The van der Waals surface area contributed by atoms with Crippen LogP contribution >= 0.6 is 24.0 Å². The van der Waals surface area contributed by atoms with Crippen molar-refractivity contribution in [3.05, 3.63) is 40.8 Å². The quantitative estimate of drug-likeness (QED) is 0.598. The number of hydrogen-bond acceptors (Lipinski definition) is 8. The van der Waals surface area contributed by atoms with Crippen molar-refractivity contribution in [1.82, 2.24) is 0 Å². The van der Waals surface area contributed by atoms with Crippen LogP contribution < -0.4 is 23.8 Å². The van der Waals surface area contributed by atoms with Gasteiger partial charge in [-0.15, -0.1) is 0 Å². The van der Waals surface area contributed by atoms with Crippen LogP contribution in [-0.2, 0) is 4.79 Å². The zero-order chi connectivity index (χ0) is 19.8. The molecule has 7 nitrogen and oxygen atoms in total. The summed E-state index contributed by atoms with van der Waals surface area (Å²) in [6, 6.07) is 8.46. The molecule has 28 heavy (non-hydrogen) atoms. The molecule has 1 saturated heterocycles. The number of carbonyl (C=O) groups excluding carboxylic acids is 1. The number of amides is 1. The van der Waals surface area contributed by atoms with Crippen molar-refractivity contribution in [2.75, 3.05) is 25.9 Å². The van der Waals surface area contributed by atoms with Crippen LogP contribution in [0.5, 0.6) is 28.7 Å². The number of aromatic hydroxyl groups is 1. The molecule has 2 heterocycles. The predicted molar refractivity (Wildman–Crippen MR) is 109 cm³/mol. The lowest BCUT2D eigenvalue weighted by Crippen LogP contribution is -2.27. The third kappa shape index (κ3) is 3.12. The highest BCUT2D eigenvalue weighted by Gasteiger charge is 2.34. The molecule has 2 aromatic rings. The van der Waals surface area contributed by atoms with Crippen LogP contribution in [0, 0.1) is 0 Å². The summed E-state index contributed by atoms with van der Waals surface area (Å²) in [7, 11) is 2.88. The van der Waals surface area contributed by atoms with Crippen LogP contribution in [-0.4, -0.2) is 36.3 Å². The van der Waals surface area contributed by atoms with Crippen LogP contribution in [0.1, 0.15) is 5.56 Å². The van der Waals surface area contributed by atoms with Gasteiger partial charge in [-0.25, -0.2) is 0 Å². The molecule has 2 aliphatic heterocycles. The van der Waals surface area contributed by atoms with Crippen molar-refractivity contribution < 1.29 is 28.8 Å². The normalized spacial score (nSPS) is 16.8. The second-order valence-corrected chi connectivity index (χ2v) is 7.50. The van der Waals surface area contributed by atoms with Crippen molar-refractivity contribution in [1.29, 1.82) is 0 Å². The number of benzene rings is 2. The topological polar surface area (TPSA) is 77.5 Å². The molecule has 4 rings (SSSR count). The number of carbonyl (C=O) groups is 1. The molecule has 1 fully saturated rings. The number of thioether (sulfide) groups is 1. The highest BCUT2D eigenvalue weighted by Crippen LogP contribution is 2.42. The molecule has 0 unspecified atom stereocenters. The number of fused-ring (bicyclic) bond motifs is 1. The van der Waals surface area contributed by atoms with Gasteiger partial charge in [0.15, 0.2) is 27.3 Å². The second kappa shape index (κ2) is 7.25. The first-order valence-electron chi connectivity index (χ1n) is 8.14. The first-order valence-corrected chi connectivity index (χ1v) is 9.37. The number of nitrogens with zero attached hydrogens (tertiary/aromatic N) is 1. The Morgan fingerprint density at radius 3 is 2.50 bits per heavy atom. The average molecular weight is 417 g/mol. The van der Waals surface area contributed by atoms with Crippen LogP contribution in [0.15, 0.2) is 35.2 Å². The Morgan fingerprint density at radius 1 is 1.14 bits per heavy atom. The summed E-state index contributed by atoms with van der Waals surface area (Å²) >= 11 is 6.59. The van der Waals surface area contributed by atoms with Gasteiger partial charge in [-0.05, 0) is 35.9 Å². The van der Waals surface area contributed by atoms with Crippen LogP contribution in [0.2, 0.25) is 0 Å². The van der Waals surface area contributed by atoms with Crippen LogP contribution in [0.25, 0.3) is 6.08 Å². The monoisotopic (exact) mass is 417 g/mol. The van der Waals surface area contributed by atoms with Gasteiger partial charge in [0.25, 0.3) is 5.91 Å². The first-order chi connectivity index (χ1) is 13.5. The summed E-state index contributed by atoms with van der Waals surface area (Å²) in [5.74, 6) is 1.35. The van der Waals surface area contributed by atoms with E-state index >= 15 is 0 Å². The van der Waals surface area contributed by atoms with Crippen molar-refractivity contribution in [3.8, 4) is 28.7 Å². The van der Waals surface area contributed by atoms with Crippen LogP contribution in [0.4, 0.5) is 5.69 Å². The molecule has 0 atom stereocenters.